The van der Waals surface area contributed by atoms with Crippen LogP contribution in [0.15, 0.2) is 9.95 Å². The number of hydrogen-bond donors (Lipinski definition) is 0. The van der Waals surface area contributed by atoms with Crippen molar-refractivity contribution in [2.45, 2.75) is 17.1 Å². The summed E-state index contributed by atoms with van der Waals surface area (Å²) in [5.41, 5.74) is 0.879. The van der Waals surface area contributed by atoms with E-state index in [2.05, 4.69) is 47.8 Å². The molecule has 0 aromatic heterocycles. The predicted octanol–water partition coefficient (Wildman–Crippen LogP) is 2.32. The van der Waals surface area contributed by atoms with Crippen LogP contribution < -0.4 is 0 Å². The lowest BCUT2D eigenvalue weighted by Gasteiger charge is -2.31. The van der Waals surface area contributed by atoms with Crippen molar-refractivity contribution in [1.29, 1.82) is 0 Å². The van der Waals surface area contributed by atoms with Crippen LogP contribution in [0.5, 0.6) is 0 Å². The van der Waals surface area contributed by atoms with Gasteiger partial charge in [-0.3, -0.25) is 4.79 Å². The van der Waals surface area contributed by atoms with E-state index in [0.29, 0.717) is 4.48 Å². The zero-order valence-corrected chi connectivity index (χ0v) is 11.8. The molecular formula is C7H8BBr3O. The van der Waals surface area contributed by atoms with Gasteiger partial charge in [0, 0.05) is 5.41 Å². The molecule has 66 valence electrons. The molecule has 1 nitrogen and oxygen atoms in total. The highest BCUT2D eigenvalue weighted by Crippen LogP contribution is 2.56. The van der Waals surface area contributed by atoms with Gasteiger partial charge in [-0.25, -0.2) is 0 Å². The fraction of sp³-hybridized carbons (Fsp3) is 0.571. The topological polar surface area (TPSA) is 17.1 Å². The van der Waals surface area contributed by atoms with Crippen molar-refractivity contribution >= 4 is 61.4 Å². The average molecular weight is 359 g/mol. The number of carbonyl (C=O) groups is 1. The van der Waals surface area contributed by atoms with Crippen LogP contribution in [0.2, 0.25) is 0 Å². The maximum absolute atomic E-state index is 11.7. The van der Waals surface area contributed by atoms with Crippen molar-refractivity contribution in [2.24, 2.45) is 5.41 Å². The molecule has 12 heavy (non-hydrogen) atoms. The number of ketones is 1. The molecule has 0 saturated heterocycles. The van der Waals surface area contributed by atoms with Gasteiger partial charge in [0.05, 0.1) is 4.48 Å². The average Bonchev–Trinajstić information content (AvgIpc) is 2.05. The molecule has 5 heteroatoms. The first-order valence-electron chi connectivity index (χ1n) is 3.52. The predicted molar refractivity (Wildman–Crippen MR) is 63.9 cm³/mol. The van der Waals surface area contributed by atoms with E-state index < -0.39 is 3.23 Å². The summed E-state index contributed by atoms with van der Waals surface area (Å²) in [6.07, 6.45) is 0. The van der Waals surface area contributed by atoms with E-state index in [1.165, 1.54) is 0 Å². The normalized spacial score (nSPS) is 26.6. The lowest BCUT2D eigenvalue weighted by Crippen LogP contribution is -2.35. The van der Waals surface area contributed by atoms with Crippen molar-refractivity contribution < 1.29 is 4.79 Å². The summed E-state index contributed by atoms with van der Waals surface area (Å²) < 4.78 is 0.0388. The summed E-state index contributed by atoms with van der Waals surface area (Å²) in [6, 6.07) is 0. The molecular weight excluding hydrogens is 351 g/mol. The number of halogens is 3. The second-order valence-electron chi connectivity index (χ2n) is 3.47. The highest BCUT2D eigenvalue weighted by molar-refractivity contribution is 9.26. The quantitative estimate of drug-likeness (QED) is 0.480. The summed E-state index contributed by atoms with van der Waals surface area (Å²) in [5, 5.41) is 0. The molecule has 0 N–H and O–H groups in total. The van der Waals surface area contributed by atoms with E-state index in [9.17, 15) is 4.79 Å². The second kappa shape index (κ2) is 2.96. The molecule has 0 aliphatic heterocycles. The Kier molecular flexibility index (Phi) is 2.71. The van der Waals surface area contributed by atoms with Gasteiger partial charge in [0.2, 0.25) is 0 Å². The Balaban J connectivity index is 3.31. The molecule has 0 unspecified atom stereocenters. The number of rotatable bonds is 0. The van der Waals surface area contributed by atoms with E-state index in [0.717, 1.165) is 5.47 Å². The van der Waals surface area contributed by atoms with E-state index in [1.54, 1.807) is 0 Å². The first-order valence-corrected chi connectivity index (χ1v) is 5.90. The third-order valence-corrected chi connectivity index (χ3v) is 6.19. The minimum atomic E-state index is -0.643. The minimum absolute atomic E-state index is 0.0602. The third-order valence-electron chi connectivity index (χ3n) is 2.54. The Morgan fingerprint density at radius 3 is 1.83 bits per heavy atom. The van der Waals surface area contributed by atoms with Crippen LogP contribution in [0.25, 0.3) is 0 Å². The number of alkyl halides is 2. The molecule has 0 saturated carbocycles. The van der Waals surface area contributed by atoms with Crippen LogP contribution in [0.3, 0.4) is 0 Å². The van der Waals surface area contributed by atoms with Gasteiger partial charge in [-0.2, -0.15) is 0 Å². The Hall–Kier alpha value is 0.915. The van der Waals surface area contributed by atoms with Crippen LogP contribution in [-0.4, -0.2) is 16.9 Å². The molecule has 0 heterocycles. The summed E-state index contributed by atoms with van der Waals surface area (Å²) in [7, 11) is 1.96. The van der Waals surface area contributed by atoms with Crippen molar-refractivity contribution in [3.05, 3.63) is 9.95 Å². The largest absolute Gasteiger partial charge is 0.291 e. The molecule has 0 aromatic carbocycles. The number of hydrogen-bond acceptors (Lipinski definition) is 1. The molecule has 1 aliphatic rings. The van der Waals surface area contributed by atoms with Crippen LogP contribution in [0, 0.1) is 5.41 Å². The highest BCUT2D eigenvalue weighted by atomic mass is 79.9. The number of carbonyl (C=O) groups excluding carboxylic acids is 1. The van der Waals surface area contributed by atoms with Gasteiger partial charge >= 0.3 is 0 Å². The Morgan fingerprint density at radius 1 is 1.33 bits per heavy atom. The standard InChI is InChI=1S/C7H8BBr3O/c1-6(2)4(8)3(9)5(12)7(6,10)11/h8H2,1-2H3. The molecule has 0 aromatic rings. The molecule has 0 amide bonds. The minimum Gasteiger partial charge on any atom is -0.291 e. The van der Waals surface area contributed by atoms with E-state index in [1.807, 2.05) is 21.7 Å². The second-order valence-corrected chi connectivity index (χ2v) is 7.70. The maximum Gasteiger partial charge on any atom is 0.197 e. The van der Waals surface area contributed by atoms with Gasteiger partial charge in [-0.1, -0.05) is 51.2 Å². The van der Waals surface area contributed by atoms with Crippen LogP contribution >= 0.6 is 47.8 Å². The van der Waals surface area contributed by atoms with Crippen LogP contribution in [-0.2, 0) is 4.79 Å². The summed E-state index contributed by atoms with van der Waals surface area (Å²) in [6.45, 7) is 4.05. The van der Waals surface area contributed by atoms with Crippen molar-refractivity contribution in [1.82, 2.24) is 0 Å². The van der Waals surface area contributed by atoms with Crippen molar-refractivity contribution in [3.63, 3.8) is 0 Å². The smallest absolute Gasteiger partial charge is 0.197 e. The first kappa shape index (κ1) is 11.0. The van der Waals surface area contributed by atoms with Crippen LogP contribution in [0.1, 0.15) is 13.8 Å². The monoisotopic (exact) mass is 356 g/mol. The molecule has 1 rings (SSSR count). The van der Waals surface area contributed by atoms with Crippen molar-refractivity contribution in [2.75, 3.05) is 0 Å². The van der Waals surface area contributed by atoms with Gasteiger partial charge in [0.15, 0.2) is 9.02 Å². The summed E-state index contributed by atoms with van der Waals surface area (Å²) >= 11 is 10.1. The maximum atomic E-state index is 11.7. The van der Waals surface area contributed by atoms with E-state index in [4.69, 9.17) is 0 Å². The SMILES string of the molecule is BC1=C(Br)C(=O)C(Br)(Br)C1(C)C. The summed E-state index contributed by atoms with van der Waals surface area (Å²) in [5.74, 6) is 0.0602. The molecule has 0 radical (unpaired) electrons. The first-order chi connectivity index (χ1) is 5.23. The molecule has 0 spiro atoms. The lowest BCUT2D eigenvalue weighted by molar-refractivity contribution is -0.115. The van der Waals surface area contributed by atoms with Gasteiger partial charge in [-0.05, 0) is 15.9 Å². The zero-order valence-electron chi connectivity index (χ0n) is 7.04. The fourth-order valence-corrected chi connectivity index (χ4v) is 3.42. The number of Topliss-reactive ketones (excluding diaryl/α,β-unsaturated/α-hetero) is 1. The fourth-order valence-electron chi connectivity index (χ4n) is 1.10. The molecule has 1 aliphatic carbocycles. The lowest BCUT2D eigenvalue weighted by atomic mass is 9.75. The van der Waals surface area contributed by atoms with Gasteiger partial charge in [0.25, 0.3) is 0 Å². The van der Waals surface area contributed by atoms with Gasteiger partial charge in [-0.15, -0.1) is 0 Å². The Labute approximate surface area is 98.1 Å². The van der Waals surface area contributed by atoms with Crippen molar-refractivity contribution in [3.8, 4) is 0 Å². The third kappa shape index (κ3) is 1.20. The Bertz CT molecular complexity index is 280. The summed E-state index contributed by atoms with van der Waals surface area (Å²) in [4.78, 5) is 11.7. The van der Waals surface area contributed by atoms with Gasteiger partial charge in [0.1, 0.15) is 7.85 Å². The number of allylic oxidation sites excluding steroid dienone is 2. The van der Waals surface area contributed by atoms with Gasteiger partial charge < -0.3 is 0 Å². The van der Waals surface area contributed by atoms with E-state index >= 15 is 0 Å². The molecule has 0 atom stereocenters. The highest BCUT2D eigenvalue weighted by Gasteiger charge is 2.54. The Morgan fingerprint density at radius 2 is 1.75 bits per heavy atom. The zero-order chi connectivity index (χ0) is 9.73. The van der Waals surface area contributed by atoms with Crippen LogP contribution in [0.4, 0.5) is 0 Å². The molecule has 0 fully saturated rings. The molecule has 0 bridgehead atoms. The van der Waals surface area contributed by atoms with E-state index in [-0.39, 0.29) is 11.2 Å².